The molecule has 17 heavy (non-hydrogen) atoms. The summed E-state index contributed by atoms with van der Waals surface area (Å²) in [6.07, 6.45) is 5.86. The van der Waals surface area contributed by atoms with Crippen LogP contribution in [0.4, 0.5) is 0 Å². The minimum Gasteiger partial charge on any atom is -0.368 e. The Bertz CT molecular complexity index is 267. The van der Waals surface area contributed by atoms with Crippen LogP contribution >= 0.6 is 0 Å². The Kier molecular flexibility index (Phi) is 3.54. The highest BCUT2D eigenvalue weighted by Gasteiger charge is 2.46. The van der Waals surface area contributed by atoms with Crippen LogP contribution < -0.4 is 11.1 Å². The van der Waals surface area contributed by atoms with Crippen molar-refractivity contribution in [1.29, 1.82) is 0 Å². The van der Waals surface area contributed by atoms with E-state index in [-0.39, 0.29) is 11.2 Å². The van der Waals surface area contributed by atoms with Gasteiger partial charge in [0.15, 0.2) is 0 Å². The quantitative estimate of drug-likeness (QED) is 0.778. The third kappa shape index (κ3) is 3.21. The molecule has 1 aliphatic heterocycles. The second kappa shape index (κ2) is 4.52. The number of ether oxygens (including phenoxy) is 1. The molecule has 3 heteroatoms. The second-order valence-corrected chi connectivity index (χ2v) is 7.00. The molecule has 1 atom stereocenters. The lowest BCUT2D eigenvalue weighted by atomic mass is 9.88. The molecule has 1 unspecified atom stereocenters. The molecular weight excluding hydrogens is 212 g/mol. The highest BCUT2D eigenvalue weighted by atomic mass is 16.5. The second-order valence-electron chi connectivity index (χ2n) is 7.00. The van der Waals surface area contributed by atoms with E-state index < -0.39 is 0 Å². The molecule has 1 saturated carbocycles. The monoisotopic (exact) mass is 240 g/mol. The summed E-state index contributed by atoms with van der Waals surface area (Å²) in [7, 11) is 0. The minimum absolute atomic E-state index is 0.00619. The van der Waals surface area contributed by atoms with Crippen molar-refractivity contribution in [1.82, 2.24) is 5.32 Å². The Hall–Kier alpha value is -0.120. The van der Waals surface area contributed by atoms with Crippen molar-refractivity contribution in [2.24, 2.45) is 5.73 Å². The largest absolute Gasteiger partial charge is 0.368 e. The van der Waals surface area contributed by atoms with E-state index in [4.69, 9.17) is 10.5 Å². The Morgan fingerprint density at radius 3 is 2.12 bits per heavy atom. The lowest BCUT2D eigenvalue weighted by Crippen LogP contribution is -2.49. The first-order valence-corrected chi connectivity index (χ1v) is 7.00. The molecule has 3 nitrogen and oxygen atoms in total. The molecule has 0 aromatic carbocycles. The van der Waals surface area contributed by atoms with Crippen molar-refractivity contribution >= 4 is 0 Å². The first kappa shape index (κ1) is 13.3. The van der Waals surface area contributed by atoms with Gasteiger partial charge >= 0.3 is 0 Å². The van der Waals surface area contributed by atoms with Crippen LogP contribution in [0.2, 0.25) is 0 Å². The summed E-state index contributed by atoms with van der Waals surface area (Å²) in [6, 6.07) is 1.53. The topological polar surface area (TPSA) is 47.3 Å². The summed E-state index contributed by atoms with van der Waals surface area (Å²) in [5, 5.41) is 3.80. The lowest BCUT2D eigenvalue weighted by Gasteiger charge is -2.34. The molecule has 0 spiro atoms. The van der Waals surface area contributed by atoms with Crippen LogP contribution in [0.5, 0.6) is 0 Å². The van der Waals surface area contributed by atoms with E-state index in [9.17, 15) is 0 Å². The van der Waals surface area contributed by atoms with E-state index >= 15 is 0 Å². The molecule has 2 fully saturated rings. The standard InChI is InChI=1S/C14H28N2O/c1-13(2)9-12(14(3,4)17-13)16-11-7-5-10(15)6-8-11/h10-12,16H,5-9,15H2,1-4H3. The fraction of sp³-hybridized carbons (Fsp3) is 1.00. The molecule has 0 aromatic heterocycles. The van der Waals surface area contributed by atoms with Gasteiger partial charge in [0.2, 0.25) is 0 Å². The average molecular weight is 240 g/mol. The van der Waals surface area contributed by atoms with Crippen LogP contribution in [0, 0.1) is 0 Å². The molecule has 2 rings (SSSR count). The normalized spacial score (nSPS) is 40.4. The first-order chi connectivity index (χ1) is 7.78. The fourth-order valence-electron chi connectivity index (χ4n) is 3.39. The lowest BCUT2D eigenvalue weighted by molar-refractivity contribution is -0.0707. The van der Waals surface area contributed by atoms with Crippen molar-refractivity contribution in [2.45, 2.75) is 89.1 Å². The summed E-state index contributed by atoms with van der Waals surface area (Å²) in [5.41, 5.74) is 5.90. The van der Waals surface area contributed by atoms with Gasteiger partial charge in [0, 0.05) is 18.1 Å². The van der Waals surface area contributed by atoms with Gasteiger partial charge in [-0.1, -0.05) is 0 Å². The molecule has 0 radical (unpaired) electrons. The Morgan fingerprint density at radius 1 is 1.06 bits per heavy atom. The molecule has 0 aromatic rings. The SMILES string of the molecule is CC1(C)CC(NC2CCC(N)CC2)C(C)(C)O1. The zero-order chi connectivity index (χ0) is 12.7. The maximum absolute atomic E-state index is 6.12. The third-order valence-corrected chi connectivity index (χ3v) is 4.28. The van der Waals surface area contributed by atoms with Gasteiger partial charge in [0.25, 0.3) is 0 Å². The first-order valence-electron chi connectivity index (χ1n) is 7.00. The van der Waals surface area contributed by atoms with Gasteiger partial charge in [-0.05, 0) is 59.8 Å². The summed E-state index contributed by atoms with van der Waals surface area (Å²) in [5.74, 6) is 0. The number of rotatable bonds is 2. The van der Waals surface area contributed by atoms with Gasteiger partial charge < -0.3 is 15.8 Å². The third-order valence-electron chi connectivity index (χ3n) is 4.28. The number of nitrogens with one attached hydrogen (secondary N) is 1. The van der Waals surface area contributed by atoms with E-state index in [1.807, 2.05) is 0 Å². The van der Waals surface area contributed by atoms with Gasteiger partial charge in [-0.2, -0.15) is 0 Å². The van der Waals surface area contributed by atoms with Crippen LogP contribution in [-0.2, 0) is 4.74 Å². The molecule has 1 aliphatic carbocycles. The Morgan fingerprint density at radius 2 is 1.65 bits per heavy atom. The summed E-state index contributed by atoms with van der Waals surface area (Å²) in [6.45, 7) is 8.78. The number of nitrogens with two attached hydrogens (primary N) is 1. The van der Waals surface area contributed by atoms with E-state index in [0.29, 0.717) is 18.1 Å². The molecule has 100 valence electrons. The predicted molar refractivity (Wildman–Crippen MR) is 71.0 cm³/mol. The molecule has 0 amide bonds. The Balaban J connectivity index is 1.90. The highest BCUT2D eigenvalue weighted by molar-refractivity contribution is 5.00. The van der Waals surface area contributed by atoms with Crippen molar-refractivity contribution < 1.29 is 4.74 Å². The molecule has 1 heterocycles. The van der Waals surface area contributed by atoms with Crippen molar-refractivity contribution in [2.75, 3.05) is 0 Å². The average Bonchev–Trinajstić information content (AvgIpc) is 2.38. The van der Waals surface area contributed by atoms with Crippen LogP contribution in [0.25, 0.3) is 0 Å². The zero-order valence-electron chi connectivity index (χ0n) is 11.8. The van der Waals surface area contributed by atoms with Crippen LogP contribution in [0.15, 0.2) is 0 Å². The van der Waals surface area contributed by atoms with Crippen molar-refractivity contribution in [3.63, 3.8) is 0 Å². The highest BCUT2D eigenvalue weighted by Crippen LogP contribution is 2.38. The minimum atomic E-state index is -0.0525. The summed E-state index contributed by atoms with van der Waals surface area (Å²) in [4.78, 5) is 0. The van der Waals surface area contributed by atoms with E-state index in [1.165, 1.54) is 12.8 Å². The molecule has 0 bridgehead atoms. The number of hydrogen-bond acceptors (Lipinski definition) is 3. The maximum Gasteiger partial charge on any atom is 0.0787 e. The zero-order valence-corrected chi connectivity index (χ0v) is 11.8. The fourth-order valence-corrected chi connectivity index (χ4v) is 3.39. The molecule has 3 N–H and O–H groups in total. The van der Waals surface area contributed by atoms with E-state index in [1.54, 1.807) is 0 Å². The Labute approximate surface area is 105 Å². The van der Waals surface area contributed by atoms with Gasteiger partial charge in [-0.3, -0.25) is 0 Å². The number of hydrogen-bond donors (Lipinski definition) is 2. The van der Waals surface area contributed by atoms with Crippen LogP contribution in [0.3, 0.4) is 0 Å². The van der Waals surface area contributed by atoms with E-state index in [0.717, 1.165) is 19.3 Å². The van der Waals surface area contributed by atoms with E-state index in [2.05, 4.69) is 33.0 Å². The summed E-state index contributed by atoms with van der Waals surface area (Å²) >= 11 is 0. The molecule has 2 aliphatic rings. The van der Waals surface area contributed by atoms with Crippen LogP contribution in [-0.4, -0.2) is 29.3 Å². The van der Waals surface area contributed by atoms with Crippen molar-refractivity contribution in [3.8, 4) is 0 Å². The van der Waals surface area contributed by atoms with Crippen molar-refractivity contribution in [3.05, 3.63) is 0 Å². The van der Waals surface area contributed by atoms with Gasteiger partial charge in [0.1, 0.15) is 0 Å². The summed E-state index contributed by atoms with van der Waals surface area (Å²) < 4.78 is 6.12. The maximum atomic E-state index is 6.12. The van der Waals surface area contributed by atoms with Gasteiger partial charge in [0.05, 0.1) is 11.2 Å². The smallest absolute Gasteiger partial charge is 0.0787 e. The van der Waals surface area contributed by atoms with Gasteiger partial charge in [-0.15, -0.1) is 0 Å². The predicted octanol–water partition coefficient (Wildman–Crippen LogP) is 2.19. The molecular formula is C14H28N2O. The van der Waals surface area contributed by atoms with Gasteiger partial charge in [-0.25, -0.2) is 0 Å². The van der Waals surface area contributed by atoms with Crippen LogP contribution in [0.1, 0.15) is 59.8 Å². The molecule has 1 saturated heterocycles.